The SMILES string of the molecule is O=C(C=Cc1ccc(-c2ccccc2F)o1)c1cccc(N2CCOCC2)c1. The molecule has 0 unspecified atom stereocenters. The van der Waals surface area contributed by atoms with Gasteiger partial charge in [-0.1, -0.05) is 24.3 Å². The highest BCUT2D eigenvalue weighted by molar-refractivity contribution is 6.07. The first-order valence-corrected chi connectivity index (χ1v) is 9.20. The van der Waals surface area contributed by atoms with Gasteiger partial charge in [-0.05, 0) is 48.6 Å². The van der Waals surface area contributed by atoms with Gasteiger partial charge in [0.2, 0.25) is 0 Å². The van der Waals surface area contributed by atoms with Crippen LogP contribution in [0.4, 0.5) is 10.1 Å². The Bertz CT molecular complexity index is 1000. The molecule has 0 atom stereocenters. The second kappa shape index (κ2) is 8.23. The molecular weight excluding hydrogens is 357 g/mol. The van der Waals surface area contributed by atoms with Crippen LogP contribution in [0.2, 0.25) is 0 Å². The number of anilines is 1. The minimum atomic E-state index is -0.344. The Kier molecular flexibility index (Phi) is 5.35. The van der Waals surface area contributed by atoms with Crippen molar-refractivity contribution in [2.75, 3.05) is 31.2 Å². The summed E-state index contributed by atoms with van der Waals surface area (Å²) in [5.74, 6) is 0.470. The highest BCUT2D eigenvalue weighted by atomic mass is 19.1. The predicted molar refractivity (Wildman–Crippen MR) is 107 cm³/mol. The minimum absolute atomic E-state index is 0.112. The van der Waals surface area contributed by atoms with E-state index in [9.17, 15) is 9.18 Å². The van der Waals surface area contributed by atoms with Crippen molar-refractivity contribution in [3.63, 3.8) is 0 Å². The molecule has 1 aromatic heterocycles. The van der Waals surface area contributed by atoms with Crippen molar-refractivity contribution in [3.8, 4) is 11.3 Å². The van der Waals surface area contributed by atoms with Crippen LogP contribution in [0.25, 0.3) is 17.4 Å². The largest absolute Gasteiger partial charge is 0.457 e. The molecule has 4 nitrogen and oxygen atoms in total. The molecule has 1 aliphatic heterocycles. The third-order valence-corrected chi connectivity index (χ3v) is 4.67. The average molecular weight is 377 g/mol. The fourth-order valence-electron chi connectivity index (χ4n) is 3.18. The van der Waals surface area contributed by atoms with Crippen LogP contribution in [-0.2, 0) is 4.74 Å². The maximum absolute atomic E-state index is 13.9. The van der Waals surface area contributed by atoms with E-state index in [0.717, 1.165) is 18.8 Å². The number of carbonyl (C=O) groups is 1. The quantitative estimate of drug-likeness (QED) is 0.472. The van der Waals surface area contributed by atoms with Crippen LogP contribution in [0.3, 0.4) is 0 Å². The number of hydrogen-bond donors (Lipinski definition) is 0. The van der Waals surface area contributed by atoms with Gasteiger partial charge in [0, 0.05) is 24.3 Å². The summed E-state index contributed by atoms with van der Waals surface area (Å²) in [6, 6.07) is 17.4. The fourth-order valence-corrected chi connectivity index (χ4v) is 3.18. The number of rotatable bonds is 5. The zero-order valence-electron chi connectivity index (χ0n) is 15.3. The Hall–Kier alpha value is -3.18. The average Bonchev–Trinajstić information content (AvgIpc) is 3.22. The van der Waals surface area contributed by atoms with Crippen molar-refractivity contribution >= 4 is 17.5 Å². The molecule has 0 spiro atoms. The van der Waals surface area contributed by atoms with Crippen LogP contribution in [0.15, 0.2) is 71.2 Å². The van der Waals surface area contributed by atoms with Gasteiger partial charge >= 0.3 is 0 Å². The number of morpholine rings is 1. The summed E-state index contributed by atoms with van der Waals surface area (Å²) in [5.41, 5.74) is 2.02. The Labute approximate surface area is 162 Å². The number of halogens is 1. The lowest BCUT2D eigenvalue weighted by Crippen LogP contribution is -2.36. The topological polar surface area (TPSA) is 42.7 Å². The van der Waals surface area contributed by atoms with Crippen molar-refractivity contribution in [1.29, 1.82) is 0 Å². The lowest BCUT2D eigenvalue weighted by molar-refractivity contribution is 0.104. The van der Waals surface area contributed by atoms with E-state index >= 15 is 0 Å². The maximum Gasteiger partial charge on any atom is 0.186 e. The van der Waals surface area contributed by atoms with Crippen LogP contribution in [0, 0.1) is 5.82 Å². The van der Waals surface area contributed by atoms with Crippen molar-refractivity contribution in [1.82, 2.24) is 0 Å². The molecule has 2 heterocycles. The molecule has 0 aliphatic carbocycles. The van der Waals surface area contributed by atoms with E-state index < -0.39 is 0 Å². The number of nitrogens with zero attached hydrogens (tertiary/aromatic N) is 1. The van der Waals surface area contributed by atoms with Crippen LogP contribution >= 0.6 is 0 Å². The predicted octanol–water partition coefficient (Wildman–Crippen LogP) is 4.82. The van der Waals surface area contributed by atoms with E-state index in [1.807, 2.05) is 18.2 Å². The second-order valence-electron chi connectivity index (χ2n) is 6.53. The molecule has 0 amide bonds. The first kappa shape index (κ1) is 18.2. The monoisotopic (exact) mass is 377 g/mol. The molecule has 3 aromatic rings. The fraction of sp³-hybridized carbons (Fsp3) is 0.174. The molecular formula is C23H20FNO3. The van der Waals surface area contributed by atoms with E-state index in [1.54, 1.807) is 42.5 Å². The Morgan fingerprint density at radius 3 is 2.64 bits per heavy atom. The van der Waals surface area contributed by atoms with Crippen LogP contribution in [0.5, 0.6) is 0 Å². The van der Waals surface area contributed by atoms with Gasteiger partial charge in [-0.15, -0.1) is 0 Å². The summed E-state index contributed by atoms with van der Waals surface area (Å²) in [7, 11) is 0. The molecule has 1 fully saturated rings. The smallest absolute Gasteiger partial charge is 0.186 e. The van der Waals surface area contributed by atoms with E-state index in [1.165, 1.54) is 12.1 Å². The normalized spacial score (nSPS) is 14.5. The van der Waals surface area contributed by atoms with Gasteiger partial charge in [0.1, 0.15) is 17.3 Å². The van der Waals surface area contributed by atoms with Crippen LogP contribution in [0.1, 0.15) is 16.1 Å². The van der Waals surface area contributed by atoms with Crippen molar-refractivity contribution in [2.24, 2.45) is 0 Å². The Balaban J connectivity index is 1.48. The number of furan rings is 1. The number of benzene rings is 2. The van der Waals surface area contributed by atoms with Gasteiger partial charge in [-0.3, -0.25) is 4.79 Å². The van der Waals surface area contributed by atoms with E-state index in [2.05, 4.69) is 4.90 Å². The van der Waals surface area contributed by atoms with Gasteiger partial charge < -0.3 is 14.1 Å². The summed E-state index contributed by atoms with van der Waals surface area (Å²) >= 11 is 0. The zero-order chi connectivity index (χ0) is 19.3. The van der Waals surface area contributed by atoms with Gasteiger partial charge in [0.15, 0.2) is 5.78 Å². The molecule has 0 N–H and O–H groups in total. The summed E-state index contributed by atoms with van der Waals surface area (Å²) in [5, 5.41) is 0. The Morgan fingerprint density at radius 1 is 1.00 bits per heavy atom. The minimum Gasteiger partial charge on any atom is -0.457 e. The zero-order valence-corrected chi connectivity index (χ0v) is 15.3. The number of carbonyl (C=O) groups excluding carboxylic acids is 1. The lowest BCUT2D eigenvalue weighted by atomic mass is 10.1. The number of ether oxygens (including phenoxy) is 1. The lowest BCUT2D eigenvalue weighted by Gasteiger charge is -2.29. The van der Waals surface area contributed by atoms with Gasteiger partial charge in [0.25, 0.3) is 0 Å². The second-order valence-corrected chi connectivity index (χ2v) is 6.53. The number of hydrogen-bond acceptors (Lipinski definition) is 4. The highest BCUT2D eigenvalue weighted by Crippen LogP contribution is 2.25. The van der Waals surface area contributed by atoms with E-state index in [-0.39, 0.29) is 11.6 Å². The number of allylic oxidation sites excluding steroid dienone is 1. The maximum atomic E-state index is 13.9. The molecule has 5 heteroatoms. The van der Waals surface area contributed by atoms with Gasteiger partial charge in [-0.25, -0.2) is 4.39 Å². The molecule has 1 aliphatic rings. The standard InChI is InChI=1S/C23H20FNO3/c24-21-7-2-1-6-20(21)23-11-9-19(28-23)8-10-22(26)17-4-3-5-18(16-17)25-12-14-27-15-13-25/h1-11,16H,12-15H2. The summed E-state index contributed by atoms with van der Waals surface area (Å²) in [6.45, 7) is 3.03. The van der Waals surface area contributed by atoms with Gasteiger partial charge in [-0.2, -0.15) is 0 Å². The third kappa shape index (κ3) is 4.05. The molecule has 1 saturated heterocycles. The first-order chi connectivity index (χ1) is 13.7. The molecule has 2 aromatic carbocycles. The molecule has 28 heavy (non-hydrogen) atoms. The van der Waals surface area contributed by atoms with Crippen LogP contribution < -0.4 is 4.90 Å². The first-order valence-electron chi connectivity index (χ1n) is 9.20. The summed E-state index contributed by atoms with van der Waals surface area (Å²) in [4.78, 5) is 14.8. The molecule has 142 valence electrons. The molecule has 4 rings (SSSR count). The van der Waals surface area contributed by atoms with Crippen molar-refractivity contribution in [2.45, 2.75) is 0 Å². The van der Waals surface area contributed by atoms with Gasteiger partial charge in [0.05, 0.1) is 18.8 Å². The number of ketones is 1. The third-order valence-electron chi connectivity index (χ3n) is 4.67. The molecule has 0 radical (unpaired) electrons. The molecule has 0 bridgehead atoms. The summed E-state index contributed by atoms with van der Waals surface area (Å²) < 4.78 is 24.9. The van der Waals surface area contributed by atoms with Crippen molar-refractivity contribution in [3.05, 3.63) is 83.9 Å². The highest BCUT2D eigenvalue weighted by Gasteiger charge is 2.13. The van der Waals surface area contributed by atoms with Crippen molar-refractivity contribution < 1.29 is 18.3 Å². The van der Waals surface area contributed by atoms with E-state index in [4.69, 9.17) is 9.15 Å². The van der Waals surface area contributed by atoms with E-state index in [0.29, 0.717) is 35.9 Å². The molecule has 0 saturated carbocycles. The summed E-state index contributed by atoms with van der Waals surface area (Å²) in [6.07, 6.45) is 3.08. The van der Waals surface area contributed by atoms with Crippen LogP contribution in [-0.4, -0.2) is 32.1 Å². The Morgan fingerprint density at radius 2 is 1.82 bits per heavy atom.